The molecule has 1 rings (SSSR count). The van der Waals surface area contributed by atoms with Crippen molar-refractivity contribution in [2.75, 3.05) is 6.79 Å². The number of halogens is 6. The molecular formula is C14H15F6O7S2-. The summed E-state index contributed by atoms with van der Waals surface area (Å²) in [6, 6.07) is 5.64. The Balaban J connectivity index is 2.96. The van der Waals surface area contributed by atoms with E-state index in [1.807, 2.05) is 13.8 Å². The van der Waals surface area contributed by atoms with Crippen LogP contribution in [0.5, 0.6) is 5.75 Å². The lowest BCUT2D eigenvalue weighted by Crippen LogP contribution is -2.60. The Labute approximate surface area is 162 Å². The van der Waals surface area contributed by atoms with Gasteiger partial charge in [-0.05, 0) is 30.0 Å². The molecule has 0 N–H and O–H groups in total. The van der Waals surface area contributed by atoms with E-state index in [0.29, 0.717) is 0 Å². The van der Waals surface area contributed by atoms with Crippen LogP contribution in [0.2, 0.25) is 0 Å². The minimum absolute atomic E-state index is 0.130. The zero-order valence-corrected chi connectivity index (χ0v) is 16.4. The average Bonchev–Trinajstić information content (AvgIpc) is 2.60. The topological polar surface area (TPSA) is 110 Å². The minimum atomic E-state index is -7.35. The summed E-state index contributed by atoms with van der Waals surface area (Å²) in [5.74, 6) is -7.10. The van der Waals surface area contributed by atoms with Crippen LogP contribution in [0.15, 0.2) is 24.3 Å². The molecule has 7 nitrogen and oxygen atoms in total. The van der Waals surface area contributed by atoms with Crippen molar-refractivity contribution in [2.24, 2.45) is 0 Å². The summed E-state index contributed by atoms with van der Waals surface area (Å²) in [4.78, 5) is 0. The molecule has 1 aromatic carbocycles. The fraction of sp³-hybridized carbons (Fsp3) is 0.571. The van der Waals surface area contributed by atoms with Crippen molar-refractivity contribution in [2.45, 2.75) is 42.6 Å². The van der Waals surface area contributed by atoms with E-state index in [-0.39, 0.29) is 11.7 Å². The molecular weight excluding hydrogens is 458 g/mol. The van der Waals surface area contributed by atoms with E-state index < -0.39 is 43.5 Å². The second-order valence-electron chi connectivity index (χ2n) is 5.77. The van der Waals surface area contributed by atoms with Crippen LogP contribution in [0.3, 0.4) is 0 Å². The molecule has 0 saturated carbocycles. The molecule has 0 saturated heterocycles. The molecule has 15 heteroatoms. The van der Waals surface area contributed by atoms with Crippen molar-refractivity contribution in [3.05, 3.63) is 29.8 Å². The maximum atomic E-state index is 13.5. The molecule has 1 atom stereocenters. The monoisotopic (exact) mass is 473 g/mol. The minimum Gasteiger partial charge on any atom is -0.743 e. The molecule has 0 spiro atoms. The molecule has 0 aromatic heterocycles. The number of hydrogen-bond acceptors (Lipinski definition) is 7. The fourth-order valence-corrected chi connectivity index (χ4v) is 3.11. The van der Waals surface area contributed by atoms with Gasteiger partial charge in [-0.2, -0.15) is 34.8 Å². The quantitative estimate of drug-likeness (QED) is 0.222. The van der Waals surface area contributed by atoms with Crippen molar-refractivity contribution in [1.82, 2.24) is 0 Å². The maximum absolute atomic E-state index is 13.5. The summed E-state index contributed by atoms with van der Waals surface area (Å²) in [7, 11) is -14.2. The van der Waals surface area contributed by atoms with E-state index in [0.717, 1.165) is 12.0 Å². The Morgan fingerprint density at radius 2 is 1.45 bits per heavy atom. The normalized spacial score (nSPS) is 15.2. The van der Waals surface area contributed by atoms with Gasteiger partial charge in [-0.25, -0.2) is 12.6 Å². The summed E-state index contributed by atoms with van der Waals surface area (Å²) in [6.07, 6.45) is 0.786. The fourth-order valence-electron chi connectivity index (χ4n) is 1.84. The maximum Gasteiger partial charge on any atom is 0.439 e. The van der Waals surface area contributed by atoms with Crippen LogP contribution in [0.1, 0.15) is 31.7 Å². The first-order chi connectivity index (χ1) is 12.9. The number of rotatable bonds is 10. The highest BCUT2D eigenvalue weighted by Crippen LogP contribution is 2.50. The van der Waals surface area contributed by atoms with Gasteiger partial charge in [0, 0.05) is 0 Å². The van der Waals surface area contributed by atoms with E-state index in [1.165, 1.54) is 12.1 Å². The summed E-state index contributed by atoms with van der Waals surface area (Å²) >= 11 is 0. The lowest BCUT2D eigenvalue weighted by atomic mass is 9.99. The third-order valence-electron chi connectivity index (χ3n) is 3.85. The van der Waals surface area contributed by atoms with Gasteiger partial charge in [0.2, 0.25) is 6.79 Å². The molecule has 29 heavy (non-hydrogen) atoms. The Morgan fingerprint density at radius 1 is 0.966 bits per heavy atom. The number of hydrogen-bond donors (Lipinski definition) is 0. The van der Waals surface area contributed by atoms with E-state index in [1.54, 1.807) is 12.1 Å². The Bertz CT molecular complexity index is 914. The predicted octanol–water partition coefficient (Wildman–Crippen LogP) is 3.25. The highest BCUT2D eigenvalue weighted by atomic mass is 32.2. The van der Waals surface area contributed by atoms with Gasteiger partial charge in [0.05, 0.1) is 0 Å². The standard InChI is InChI=1S/C14H16F6O7S2/c1-3-9(2)10-4-6-11(7-5-10)26-8-27-29(24,25)14(19,20)12(15,16)13(17,18)28(21,22)23/h4-7,9H,3,8H2,1-2H3,(H,21,22,23)/p-1. The molecule has 0 aliphatic carbocycles. The SMILES string of the molecule is CCC(C)c1ccc(OCOS(=O)(=O)C(F)(F)C(F)(F)C(F)(F)S(=O)(=O)[O-])cc1. The van der Waals surface area contributed by atoms with E-state index >= 15 is 0 Å². The first-order valence-electron chi connectivity index (χ1n) is 7.63. The molecule has 0 amide bonds. The second kappa shape index (κ2) is 8.28. The van der Waals surface area contributed by atoms with Crippen molar-refractivity contribution in [3.63, 3.8) is 0 Å². The zero-order chi connectivity index (χ0) is 22.9. The highest BCUT2D eigenvalue weighted by Gasteiger charge is 2.80. The van der Waals surface area contributed by atoms with Gasteiger partial charge in [0.25, 0.3) is 0 Å². The lowest BCUT2D eigenvalue weighted by Gasteiger charge is -2.32. The van der Waals surface area contributed by atoms with Gasteiger partial charge in [-0.15, -0.1) is 0 Å². The van der Waals surface area contributed by atoms with Crippen LogP contribution >= 0.6 is 0 Å². The summed E-state index contributed by atoms with van der Waals surface area (Å²) in [5, 5.41) is -13.7. The molecule has 1 unspecified atom stereocenters. The van der Waals surface area contributed by atoms with Gasteiger partial charge in [0.15, 0.2) is 10.1 Å². The zero-order valence-electron chi connectivity index (χ0n) is 14.7. The largest absolute Gasteiger partial charge is 0.743 e. The van der Waals surface area contributed by atoms with Crippen molar-refractivity contribution in [3.8, 4) is 5.75 Å². The van der Waals surface area contributed by atoms with E-state index in [9.17, 15) is 47.7 Å². The van der Waals surface area contributed by atoms with Crippen LogP contribution in [-0.2, 0) is 24.4 Å². The van der Waals surface area contributed by atoms with Crippen molar-refractivity contribution in [1.29, 1.82) is 0 Å². The Kier molecular flexibility index (Phi) is 7.26. The molecule has 168 valence electrons. The summed E-state index contributed by atoms with van der Waals surface area (Å²) < 4.78 is 141. The average molecular weight is 473 g/mol. The van der Waals surface area contributed by atoms with Crippen molar-refractivity contribution >= 4 is 20.2 Å². The number of ether oxygens (including phenoxy) is 1. The van der Waals surface area contributed by atoms with Gasteiger partial charge in [-0.3, -0.25) is 0 Å². The molecule has 1 aromatic rings. The highest BCUT2D eigenvalue weighted by molar-refractivity contribution is 7.88. The second-order valence-corrected chi connectivity index (χ2v) is 8.85. The third kappa shape index (κ3) is 4.78. The molecule has 0 heterocycles. The number of benzene rings is 1. The molecule has 0 aliphatic heterocycles. The number of alkyl halides is 6. The predicted molar refractivity (Wildman–Crippen MR) is 85.2 cm³/mol. The Morgan fingerprint density at radius 3 is 1.86 bits per heavy atom. The smallest absolute Gasteiger partial charge is 0.439 e. The molecule has 0 aliphatic rings. The third-order valence-corrected chi connectivity index (χ3v) is 6.02. The van der Waals surface area contributed by atoms with Crippen LogP contribution < -0.4 is 4.74 Å². The van der Waals surface area contributed by atoms with Crippen LogP contribution in [0, 0.1) is 0 Å². The Hall–Kier alpha value is -1.58. The summed E-state index contributed by atoms with van der Waals surface area (Å²) in [6.45, 7) is 2.18. The van der Waals surface area contributed by atoms with E-state index in [4.69, 9.17) is 0 Å². The van der Waals surface area contributed by atoms with Gasteiger partial charge in [-0.1, -0.05) is 26.0 Å². The van der Waals surface area contributed by atoms with Gasteiger partial charge in [0.1, 0.15) is 5.75 Å². The van der Waals surface area contributed by atoms with Crippen LogP contribution in [0.25, 0.3) is 0 Å². The summed E-state index contributed by atoms with van der Waals surface area (Å²) in [5.41, 5.74) is 0.848. The van der Waals surface area contributed by atoms with Gasteiger partial charge < -0.3 is 9.29 Å². The molecule has 0 bridgehead atoms. The lowest BCUT2D eigenvalue weighted by molar-refractivity contribution is -0.248. The first kappa shape index (κ1) is 25.5. The van der Waals surface area contributed by atoms with Gasteiger partial charge >= 0.3 is 26.5 Å². The molecule has 0 radical (unpaired) electrons. The first-order valence-corrected chi connectivity index (χ1v) is 10.4. The van der Waals surface area contributed by atoms with Crippen LogP contribution in [0.4, 0.5) is 26.3 Å². The van der Waals surface area contributed by atoms with Crippen molar-refractivity contribution < 1.29 is 56.7 Å². The molecule has 0 fully saturated rings. The van der Waals surface area contributed by atoms with E-state index in [2.05, 4.69) is 8.92 Å². The van der Waals surface area contributed by atoms with Crippen LogP contribution in [-0.4, -0.2) is 44.6 Å².